The number of nitrogens with zero attached hydrogens (tertiary/aromatic N) is 15. The van der Waals surface area contributed by atoms with Crippen LogP contribution < -0.4 is 5.32 Å². The Hall–Kier alpha value is -6.51. The molecule has 1 aromatic carbocycles. The van der Waals surface area contributed by atoms with Crippen molar-refractivity contribution in [3.63, 3.8) is 0 Å². The van der Waals surface area contributed by atoms with Crippen LogP contribution in [0, 0.1) is 0 Å². The first-order valence-corrected chi connectivity index (χ1v) is 24.7. The predicted molar refractivity (Wildman–Crippen MR) is 231 cm³/mol. The lowest BCUT2D eigenvalue weighted by atomic mass is 10.1. The number of aliphatic imine (C=N–C) groups is 1. The molecule has 20 heteroatoms. The van der Waals surface area contributed by atoms with Gasteiger partial charge in [-0.1, -0.05) is 28.6 Å². The molecule has 0 bridgehead atoms. The molecule has 9 heterocycles. The van der Waals surface area contributed by atoms with Crippen LogP contribution >= 0.6 is 14.3 Å². The monoisotopic (exact) mass is 840 g/mol. The van der Waals surface area contributed by atoms with E-state index in [4.69, 9.17) is 15.0 Å². The van der Waals surface area contributed by atoms with E-state index >= 15 is 0 Å². The summed E-state index contributed by atoms with van der Waals surface area (Å²) in [6.07, 6.45) is 14.5. The zero-order valence-corrected chi connectivity index (χ0v) is 35.3. The van der Waals surface area contributed by atoms with Crippen molar-refractivity contribution in [2.24, 2.45) is 4.99 Å². The first-order chi connectivity index (χ1) is 28.9. The van der Waals surface area contributed by atoms with Gasteiger partial charge in [0, 0.05) is 61.3 Å². The Balaban J connectivity index is 0.811. The number of pyridine rings is 2. The molecule has 0 saturated heterocycles. The largest absolute Gasteiger partial charge is 0.360 e. The molecule has 1 atom stereocenters. The molecule has 2 aliphatic rings. The zero-order chi connectivity index (χ0) is 41.2. The van der Waals surface area contributed by atoms with E-state index in [0.29, 0.717) is 73.7 Å². The summed E-state index contributed by atoms with van der Waals surface area (Å²) < 4.78 is 33.9. The Morgan fingerprint density at radius 1 is 0.867 bits per heavy atom. The quantitative estimate of drug-likeness (QED) is 0.145. The topological polar surface area (TPSA) is 187 Å². The first kappa shape index (κ1) is 37.7. The van der Waals surface area contributed by atoms with Crippen LogP contribution in [0.1, 0.15) is 16.8 Å². The van der Waals surface area contributed by atoms with Crippen molar-refractivity contribution in [3.05, 3.63) is 114 Å². The number of fused-ring (bicyclic) bond motifs is 4. The summed E-state index contributed by atoms with van der Waals surface area (Å²) in [4.78, 5) is 27.9. The highest BCUT2D eigenvalue weighted by Gasteiger charge is 2.30. The number of aromatic nitrogens is 12. The van der Waals surface area contributed by atoms with Gasteiger partial charge in [-0.2, -0.15) is 0 Å². The molecule has 18 nitrogen and oxygen atoms in total. The van der Waals surface area contributed by atoms with Crippen molar-refractivity contribution >= 4 is 59.5 Å². The number of rotatable bonds is 12. The van der Waals surface area contributed by atoms with Crippen molar-refractivity contribution in [2.45, 2.75) is 25.5 Å². The summed E-state index contributed by atoms with van der Waals surface area (Å²) in [6, 6.07) is 16.1. The summed E-state index contributed by atoms with van der Waals surface area (Å²) in [5, 5.41) is 21.8. The van der Waals surface area contributed by atoms with Crippen LogP contribution in [0.15, 0.2) is 103 Å². The van der Waals surface area contributed by atoms with Crippen molar-refractivity contribution in [1.29, 1.82) is 0 Å². The average Bonchev–Trinajstić information content (AvgIpc) is 4.06. The van der Waals surface area contributed by atoms with E-state index in [1.54, 1.807) is 30.4 Å². The van der Waals surface area contributed by atoms with E-state index in [1.807, 2.05) is 82.5 Å². The van der Waals surface area contributed by atoms with Crippen LogP contribution in [0.5, 0.6) is 0 Å². The highest BCUT2D eigenvalue weighted by Crippen LogP contribution is 2.46. The van der Waals surface area contributed by atoms with Crippen molar-refractivity contribution in [1.82, 2.24) is 68.7 Å². The lowest BCUT2D eigenvalue weighted by molar-refractivity contribution is 0.320. The minimum atomic E-state index is -2.70. The van der Waals surface area contributed by atoms with Crippen molar-refractivity contribution < 1.29 is 9.13 Å². The summed E-state index contributed by atoms with van der Waals surface area (Å²) in [5.41, 5.74) is 8.93. The number of nitrogens with one attached hydrogen (secondary N) is 1. The number of benzene rings is 1. The smallest absolute Gasteiger partial charge is 0.221 e. The van der Waals surface area contributed by atoms with E-state index in [2.05, 4.69) is 70.1 Å². The lowest BCUT2D eigenvalue weighted by Crippen LogP contribution is -2.29. The van der Waals surface area contributed by atoms with Gasteiger partial charge >= 0.3 is 0 Å². The second kappa shape index (κ2) is 14.6. The van der Waals surface area contributed by atoms with Gasteiger partial charge in [0.1, 0.15) is 19.9 Å². The van der Waals surface area contributed by atoms with Crippen LogP contribution in [0.3, 0.4) is 0 Å². The van der Waals surface area contributed by atoms with Crippen LogP contribution in [0.2, 0.25) is 0 Å². The number of imidazole rings is 1. The average molecular weight is 841 g/mol. The fourth-order valence-electron chi connectivity index (χ4n) is 7.84. The van der Waals surface area contributed by atoms with Crippen LogP contribution in [0.4, 0.5) is 11.6 Å². The molecule has 8 aromatic rings. The predicted octanol–water partition coefficient (Wildman–Crippen LogP) is 5.85. The van der Waals surface area contributed by atoms with E-state index in [9.17, 15) is 9.13 Å². The molecule has 10 rings (SSSR count). The minimum Gasteiger partial charge on any atom is -0.360 e. The van der Waals surface area contributed by atoms with Gasteiger partial charge in [0.25, 0.3) is 0 Å². The Kier molecular flexibility index (Phi) is 9.21. The molecule has 0 saturated carbocycles. The minimum absolute atomic E-state index is 0.358. The van der Waals surface area contributed by atoms with Gasteiger partial charge in [-0.05, 0) is 61.5 Å². The molecule has 1 unspecified atom stereocenters. The highest BCUT2D eigenvalue weighted by atomic mass is 31.2. The standard InChI is InChI=1S/C40H42N16O2P2/c1-51-24-53(22-35(51)34-16-43-38-40(46-34)55(49-48-38)18-27-7-9-32-29(14-27)6-5-12-41-32)26-60(4,58)23-31-21-54-17-28(8-10-36(54)44-31)19-56-39-37(47-50-56)42-15-33(45-39)30-11-13-52(20-30)25-59(2,3)57/h5-15,17,20-22,43H,16,18-19,23-26H2,1-4H3. The Morgan fingerprint density at radius 3 is 2.60 bits per heavy atom. The maximum absolute atomic E-state index is 14.2. The van der Waals surface area contributed by atoms with Gasteiger partial charge in [-0.15, -0.1) is 10.2 Å². The van der Waals surface area contributed by atoms with Crippen LogP contribution in [-0.4, -0.2) is 121 Å². The second-order valence-corrected chi connectivity index (χ2v) is 22.8. The maximum Gasteiger partial charge on any atom is 0.221 e. The van der Waals surface area contributed by atoms with Crippen molar-refractivity contribution in [2.75, 3.05) is 51.9 Å². The molecule has 7 aromatic heterocycles. The fourth-order valence-corrected chi connectivity index (χ4v) is 10.7. The molecular formula is C40H42N16O2P2. The van der Waals surface area contributed by atoms with Gasteiger partial charge < -0.3 is 33.2 Å². The SMILES string of the molecule is CN1CN(CP(C)(=O)Cc2cn3cc(Cn4nnc5ncc(-c6ccn(CP(C)(C)=O)c6)nc54)ccc3n2)C=C1C1=Nc2c(nnn2Cc2ccc3ncccc3c2)NC1. The Bertz CT molecular complexity index is 3120. The summed E-state index contributed by atoms with van der Waals surface area (Å²) >= 11 is 0. The lowest BCUT2D eigenvalue weighted by Gasteiger charge is -2.23. The van der Waals surface area contributed by atoms with E-state index < -0.39 is 14.3 Å². The number of hydrogen-bond acceptors (Lipinski definition) is 14. The van der Waals surface area contributed by atoms with E-state index in [0.717, 1.165) is 50.3 Å². The third kappa shape index (κ3) is 7.71. The zero-order valence-electron chi connectivity index (χ0n) is 33.5. The fraction of sp³-hybridized carbons (Fsp3) is 0.275. The third-order valence-electron chi connectivity index (χ3n) is 10.4. The third-order valence-corrected chi connectivity index (χ3v) is 13.4. The molecular weight excluding hydrogens is 798 g/mol. The van der Waals surface area contributed by atoms with Crippen LogP contribution in [-0.2, 0) is 34.7 Å². The van der Waals surface area contributed by atoms with Gasteiger partial charge in [-0.3, -0.25) is 4.98 Å². The molecule has 0 radical (unpaired) electrons. The van der Waals surface area contributed by atoms with Crippen molar-refractivity contribution in [3.8, 4) is 11.3 Å². The summed E-state index contributed by atoms with van der Waals surface area (Å²) in [6.45, 7) is 7.43. The van der Waals surface area contributed by atoms with Crippen LogP contribution in [0.25, 0.3) is 39.1 Å². The Morgan fingerprint density at radius 2 is 1.72 bits per heavy atom. The van der Waals surface area contributed by atoms with E-state index in [1.165, 1.54) is 0 Å². The van der Waals surface area contributed by atoms with E-state index in [-0.39, 0.29) is 0 Å². The molecule has 304 valence electrons. The number of hydrogen-bond donors (Lipinski definition) is 1. The molecule has 1 N–H and O–H groups in total. The molecule has 0 fully saturated rings. The molecule has 60 heavy (non-hydrogen) atoms. The number of anilines is 1. The van der Waals surface area contributed by atoms with Gasteiger partial charge in [-0.25, -0.2) is 29.3 Å². The molecule has 0 spiro atoms. The van der Waals surface area contributed by atoms with Gasteiger partial charge in [0.15, 0.2) is 17.3 Å². The maximum atomic E-state index is 14.2. The molecule has 0 amide bonds. The first-order valence-electron chi connectivity index (χ1n) is 19.4. The molecule has 2 aliphatic heterocycles. The van der Waals surface area contributed by atoms with Gasteiger partial charge in [0.05, 0.1) is 73.4 Å². The summed E-state index contributed by atoms with van der Waals surface area (Å²) in [5.74, 6) is 1.33. The molecule has 0 aliphatic carbocycles. The van der Waals surface area contributed by atoms with Gasteiger partial charge in [0.2, 0.25) is 5.65 Å². The second-order valence-electron chi connectivity index (χ2n) is 16.2. The Labute approximate surface area is 344 Å². The highest BCUT2D eigenvalue weighted by molar-refractivity contribution is 7.62. The normalized spacial score (nSPS) is 15.4. The summed E-state index contributed by atoms with van der Waals surface area (Å²) in [7, 11) is -2.92.